The van der Waals surface area contributed by atoms with Crippen LogP contribution in [-0.2, 0) is 22.7 Å². The summed E-state index contributed by atoms with van der Waals surface area (Å²) in [5.74, 6) is 0.456. The van der Waals surface area contributed by atoms with E-state index in [2.05, 4.69) is 0 Å². The van der Waals surface area contributed by atoms with Crippen LogP contribution in [0.1, 0.15) is 25.0 Å². The van der Waals surface area contributed by atoms with E-state index in [4.69, 9.17) is 9.47 Å². The van der Waals surface area contributed by atoms with Crippen LogP contribution in [0.4, 0.5) is 11.4 Å². The Labute approximate surface area is 224 Å². The van der Waals surface area contributed by atoms with Gasteiger partial charge in [0.15, 0.2) is 0 Å². The maximum atomic E-state index is 14.0. The van der Waals surface area contributed by atoms with Crippen molar-refractivity contribution in [2.45, 2.75) is 36.5 Å². The molecule has 0 aromatic heterocycles. The fraction of sp³-hybridized carbons (Fsp3) is 0.143. The Morgan fingerprint density at radius 1 is 0.615 bits per heavy atom. The molecule has 0 amide bonds. The second-order valence-corrected chi connectivity index (χ2v) is 10.2. The first-order valence-electron chi connectivity index (χ1n) is 12.0. The van der Waals surface area contributed by atoms with Gasteiger partial charge in [-0.05, 0) is 61.4 Å². The highest BCUT2D eigenvalue weighted by molar-refractivity contribution is 7.91. The minimum Gasteiger partial charge on any atom is -0.450 e. The van der Waals surface area contributed by atoms with E-state index in [1.54, 1.807) is 74.5 Å². The van der Waals surface area contributed by atoms with Crippen molar-refractivity contribution in [1.29, 1.82) is 0 Å². The standard InChI is InChI=1S/C28H24N2O8S/c1-3-21-25(17-15-23(27(21)29(31)32)37-19-11-7-5-8-12-19)39(35,36)26-18-16-24(28(30(33)34)22(26)4-2)38-20-13-9-6-10-14-20/h5-18H,3-4H2,1-2H3. The first-order chi connectivity index (χ1) is 18.7. The van der Waals surface area contributed by atoms with Gasteiger partial charge in [0.05, 0.1) is 30.8 Å². The van der Waals surface area contributed by atoms with Crippen LogP contribution in [0.3, 0.4) is 0 Å². The highest BCUT2D eigenvalue weighted by Crippen LogP contribution is 2.43. The number of hydrogen-bond acceptors (Lipinski definition) is 8. The van der Waals surface area contributed by atoms with E-state index in [-0.39, 0.29) is 45.3 Å². The predicted octanol–water partition coefficient (Wildman–Crippen LogP) is 7.05. The molecule has 4 rings (SSSR count). The van der Waals surface area contributed by atoms with Crippen molar-refractivity contribution in [2.24, 2.45) is 0 Å². The van der Waals surface area contributed by atoms with Crippen LogP contribution in [0, 0.1) is 20.2 Å². The number of nitrogens with zero attached hydrogens (tertiary/aromatic N) is 2. The highest BCUT2D eigenvalue weighted by Gasteiger charge is 2.35. The second-order valence-electron chi connectivity index (χ2n) is 8.33. The highest BCUT2D eigenvalue weighted by atomic mass is 32.2. The number of nitro benzene ring substituents is 2. The molecular formula is C28H24N2O8S. The zero-order valence-electron chi connectivity index (χ0n) is 21.1. The van der Waals surface area contributed by atoms with Crippen molar-refractivity contribution >= 4 is 21.2 Å². The molecular weight excluding hydrogens is 524 g/mol. The third-order valence-corrected chi connectivity index (χ3v) is 7.92. The van der Waals surface area contributed by atoms with Gasteiger partial charge in [0.2, 0.25) is 21.3 Å². The molecule has 10 nitrogen and oxygen atoms in total. The molecule has 0 saturated heterocycles. The van der Waals surface area contributed by atoms with Crippen molar-refractivity contribution in [2.75, 3.05) is 0 Å². The number of ether oxygens (including phenoxy) is 2. The molecule has 0 aliphatic carbocycles. The van der Waals surface area contributed by atoms with Gasteiger partial charge in [0.25, 0.3) is 0 Å². The van der Waals surface area contributed by atoms with Gasteiger partial charge in [0, 0.05) is 0 Å². The van der Waals surface area contributed by atoms with Crippen LogP contribution in [0.5, 0.6) is 23.0 Å². The third-order valence-electron chi connectivity index (χ3n) is 6.00. The second kappa shape index (κ2) is 11.3. The molecule has 200 valence electrons. The summed E-state index contributed by atoms with van der Waals surface area (Å²) in [6.45, 7) is 3.18. The topological polar surface area (TPSA) is 139 Å². The molecule has 4 aromatic rings. The maximum absolute atomic E-state index is 14.0. The summed E-state index contributed by atoms with van der Waals surface area (Å²) < 4.78 is 39.3. The minimum atomic E-state index is -4.44. The lowest BCUT2D eigenvalue weighted by Crippen LogP contribution is -2.12. The lowest BCUT2D eigenvalue weighted by Gasteiger charge is -2.16. The van der Waals surface area contributed by atoms with Crippen LogP contribution >= 0.6 is 0 Å². The van der Waals surface area contributed by atoms with E-state index in [0.29, 0.717) is 11.5 Å². The average molecular weight is 549 g/mol. The van der Waals surface area contributed by atoms with Gasteiger partial charge < -0.3 is 9.47 Å². The number of sulfone groups is 1. The van der Waals surface area contributed by atoms with Gasteiger partial charge in [-0.15, -0.1) is 0 Å². The first-order valence-corrected chi connectivity index (χ1v) is 13.5. The SMILES string of the molecule is CCc1c(S(=O)(=O)c2ccc(Oc3ccccc3)c([N+](=O)[O-])c2CC)ccc(Oc2ccccc2)c1[N+](=O)[O-]. The molecule has 0 aliphatic rings. The molecule has 0 heterocycles. The molecule has 0 fully saturated rings. The van der Waals surface area contributed by atoms with Gasteiger partial charge in [0.1, 0.15) is 11.5 Å². The molecule has 4 aromatic carbocycles. The van der Waals surface area contributed by atoms with Gasteiger partial charge in [-0.2, -0.15) is 0 Å². The Morgan fingerprint density at radius 2 is 0.974 bits per heavy atom. The number of rotatable bonds is 10. The molecule has 0 spiro atoms. The Kier molecular flexibility index (Phi) is 7.91. The molecule has 0 radical (unpaired) electrons. The van der Waals surface area contributed by atoms with Gasteiger partial charge in [-0.1, -0.05) is 50.2 Å². The van der Waals surface area contributed by atoms with Crippen molar-refractivity contribution in [3.05, 3.63) is 116 Å². The van der Waals surface area contributed by atoms with Crippen molar-refractivity contribution in [3.63, 3.8) is 0 Å². The molecule has 0 N–H and O–H groups in total. The Balaban J connectivity index is 1.89. The van der Waals surface area contributed by atoms with E-state index < -0.39 is 31.1 Å². The summed E-state index contributed by atoms with van der Waals surface area (Å²) in [5.41, 5.74) is -1.11. The van der Waals surface area contributed by atoms with Crippen LogP contribution in [0.25, 0.3) is 0 Å². The zero-order valence-corrected chi connectivity index (χ0v) is 21.9. The molecule has 0 unspecified atom stereocenters. The maximum Gasteiger partial charge on any atom is 0.316 e. The Hall–Kier alpha value is -4.77. The van der Waals surface area contributed by atoms with E-state index >= 15 is 0 Å². The van der Waals surface area contributed by atoms with Crippen LogP contribution in [0.2, 0.25) is 0 Å². The smallest absolute Gasteiger partial charge is 0.316 e. The lowest BCUT2D eigenvalue weighted by molar-refractivity contribution is -0.386. The summed E-state index contributed by atoms with van der Waals surface area (Å²) in [5, 5.41) is 24.2. The predicted molar refractivity (Wildman–Crippen MR) is 143 cm³/mol. The molecule has 0 aliphatic heterocycles. The van der Waals surface area contributed by atoms with Crippen molar-refractivity contribution < 1.29 is 27.7 Å². The monoisotopic (exact) mass is 548 g/mol. The van der Waals surface area contributed by atoms with Crippen LogP contribution in [0.15, 0.2) is 94.7 Å². The zero-order chi connectivity index (χ0) is 28.2. The quantitative estimate of drug-likeness (QED) is 0.152. The normalized spacial score (nSPS) is 11.1. The fourth-order valence-electron chi connectivity index (χ4n) is 4.29. The number of hydrogen-bond donors (Lipinski definition) is 0. The summed E-state index contributed by atoms with van der Waals surface area (Å²) in [6, 6.07) is 21.7. The summed E-state index contributed by atoms with van der Waals surface area (Å²) in [7, 11) is -4.44. The van der Waals surface area contributed by atoms with Gasteiger partial charge >= 0.3 is 11.4 Å². The van der Waals surface area contributed by atoms with Crippen molar-refractivity contribution in [1.82, 2.24) is 0 Å². The summed E-state index contributed by atoms with van der Waals surface area (Å²) in [4.78, 5) is 22.2. The number of nitro groups is 2. The van der Waals surface area contributed by atoms with Crippen molar-refractivity contribution in [3.8, 4) is 23.0 Å². The lowest BCUT2D eigenvalue weighted by atomic mass is 10.1. The van der Waals surface area contributed by atoms with E-state index in [9.17, 15) is 28.6 Å². The van der Waals surface area contributed by atoms with Gasteiger partial charge in [-0.3, -0.25) is 20.2 Å². The van der Waals surface area contributed by atoms with Gasteiger partial charge in [-0.25, -0.2) is 8.42 Å². The fourth-order valence-corrected chi connectivity index (χ4v) is 6.16. The molecule has 0 atom stereocenters. The minimum absolute atomic E-state index is 0.00435. The largest absolute Gasteiger partial charge is 0.450 e. The number of benzene rings is 4. The molecule has 11 heteroatoms. The Morgan fingerprint density at radius 3 is 1.28 bits per heavy atom. The molecule has 39 heavy (non-hydrogen) atoms. The van der Waals surface area contributed by atoms with E-state index in [0.717, 1.165) is 0 Å². The van der Waals surface area contributed by atoms with E-state index in [1.165, 1.54) is 24.3 Å². The third kappa shape index (κ3) is 5.43. The summed E-state index contributed by atoms with van der Waals surface area (Å²) in [6.07, 6.45) is -0.00869. The number of para-hydroxylation sites is 2. The molecule has 0 bridgehead atoms. The first kappa shape index (κ1) is 27.3. The molecule has 0 saturated carbocycles. The summed E-state index contributed by atoms with van der Waals surface area (Å²) >= 11 is 0. The van der Waals surface area contributed by atoms with E-state index in [1.807, 2.05) is 0 Å². The Bertz CT molecular complexity index is 1520. The average Bonchev–Trinajstić information content (AvgIpc) is 2.92. The van der Waals surface area contributed by atoms with Crippen LogP contribution < -0.4 is 9.47 Å². The van der Waals surface area contributed by atoms with Crippen LogP contribution in [-0.4, -0.2) is 18.3 Å².